The van der Waals surface area contributed by atoms with Crippen molar-refractivity contribution in [2.75, 3.05) is 0 Å². The summed E-state index contributed by atoms with van der Waals surface area (Å²) in [4.78, 5) is 14.6. The molecule has 2 aromatic rings. The molecule has 0 bridgehead atoms. The molecule has 1 aromatic carbocycles. The van der Waals surface area contributed by atoms with E-state index in [2.05, 4.69) is 4.98 Å². The molecule has 0 saturated heterocycles. The average Bonchev–Trinajstić information content (AvgIpc) is 2.81. The van der Waals surface area contributed by atoms with Crippen molar-refractivity contribution in [1.29, 1.82) is 0 Å². The molecule has 0 amide bonds. The molecule has 17 heavy (non-hydrogen) atoms. The maximum absolute atomic E-state index is 10.5. The number of aromatic nitrogens is 2. The van der Waals surface area contributed by atoms with Crippen molar-refractivity contribution in [3.05, 3.63) is 48.0 Å². The minimum atomic E-state index is -0.769. The Balaban J connectivity index is 2.27. The minimum Gasteiger partial charge on any atom is -0.481 e. The second-order valence-electron chi connectivity index (χ2n) is 3.98. The fourth-order valence-corrected chi connectivity index (χ4v) is 1.74. The number of carboxylic acids is 1. The van der Waals surface area contributed by atoms with Gasteiger partial charge in [0.1, 0.15) is 0 Å². The number of nitrogens with zero attached hydrogens (tertiary/aromatic N) is 2. The van der Waals surface area contributed by atoms with Gasteiger partial charge in [0.15, 0.2) is 0 Å². The van der Waals surface area contributed by atoms with Crippen LogP contribution in [0, 0.1) is 6.92 Å². The molecule has 0 aliphatic heterocycles. The van der Waals surface area contributed by atoms with Gasteiger partial charge in [0.25, 0.3) is 0 Å². The minimum absolute atomic E-state index is 0.159. The molecule has 2 rings (SSSR count). The quantitative estimate of drug-likeness (QED) is 0.876. The van der Waals surface area contributed by atoms with Gasteiger partial charge in [0.05, 0.1) is 6.33 Å². The first-order chi connectivity index (χ1) is 8.16. The van der Waals surface area contributed by atoms with Gasteiger partial charge < -0.3 is 9.67 Å². The molecular formula is C13H14N2O2. The smallest absolute Gasteiger partial charge is 0.303 e. The van der Waals surface area contributed by atoms with E-state index in [1.807, 2.05) is 35.9 Å². The van der Waals surface area contributed by atoms with E-state index < -0.39 is 5.97 Å². The fraction of sp³-hybridized carbons (Fsp3) is 0.231. The van der Waals surface area contributed by atoms with Crippen LogP contribution in [-0.4, -0.2) is 20.6 Å². The molecule has 4 nitrogen and oxygen atoms in total. The van der Waals surface area contributed by atoms with Gasteiger partial charge in [0, 0.05) is 24.5 Å². The second-order valence-corrected chi connectivity index (χ2v) is 3.98. The number of rotatable bonds is 4. The van der Waals surface area contributed by atoms with Crippen molar-refractivity contribution >= 4 is 5.97 Å². The molecule has 0 atom stereocenters. The Hall–Kier alpha value is -2.10. The first kappa shape index (κ1) is 11.4. The summed E-state index contributed by atoms with van der Waals surface area (Å²) in [5.41, 5.74) is 3.22. The predicted octanol–water partition coefficient (Wildman–Crippen LogP) is 2.20. The largest absolute Gasteiger partial charge is 0.481 e. The van der Waals surface area contributed by atoms with E-state index in [9.17, 15) is 4.79 Å². The lowest BCUT2D eigenvalue weighted by Gasteiger charge is -2.09. The van der Waals surface area contributed by atoms with E-state index in [1.54, 1.807) is 12.5 Å². The third-order valence-electron chi connectivity index (χ3n) is 2.68. The first-order valence-corrected chi connectivity index (χ1v) is 5.46. The summed E-state index contributed by atoms with van der Waals surface area (Å²) < 4.78 is 1.93. The van der Waals surface area contributed by atoms with Gasteiger partial charge in [-0.25, -0.2) is 4.98 Å². The third-order valence-corrected chi connectivity index (χ3v) is 2.68. The molecule has 0 aliphatic carbocycles. The van der Waals surface area contributed by atoms with Crippen LogP contribution in [0.3, 0.4) is 0 Å². The number of carboxylic acid groups (broad SMARTS) is 1. The zero-order chi connectivity index (χ0) is 12.3. The Morgan fingerprint density at radius 3 is 2.94 bits per heavy atom. The Morgan fingerprint density at radius 2 is 2.29 bits per heavy atom. The molecule has 0 saturated carbocycles. The van der Waals surface area contributed by atoms with Crippen molar-refractivity contribution in [3.8, 4) is 5.69 Å². The highest BCUT2D eigenvalue weighted by Gasteiger charge is 2.04. The molecule has 4 heteroatoms. The van der Waals surface area contributed by atoms with Crippen LogP contribution >= 0.6 is 0 Å². The van der Waals surface area contributed by atoms with Crippen LogP contribution in [0.4, 0.5) is 0 Å². The molecule has 0 fully saturated rings. The summed E-state index contributed by atoms with van der Waals surface area (Å²) >= 11 is 0. The van der Waals surface area contributed by atoms with Gasteiger partial charge in [-0.05, 0) is 30.5 Å². The number of aryl methyl sites for hydroxylation is 2. The Morgan fingerprint density at radius 1 is 1.47 bits per heavy atom. The van der Waals surface area contributed by atoms with Crippen LogP contribution in [-0.2, 0) is 11.2 Å². The van der Waals surface area contributed by atoms with E-state index in [0.717, 1.165) is 16.8 Å². The van der Waals surface area contributed by atoms with E-state index in [1.165, 1.54) is 0 Å². The summed E-state index contributed by atoms with van der Waals surface area (Å²) in [5, 5.41) is 8.67. The van der Waals surface area contributed by atoms with E-state index in [-0.39, 0.29) is 6.42 Å². The lowest BCUT2D eigenvalue weighted by molar-refractivity contribution is -0.136. The van der Waals surface area contributed by atoms with Crippen LogP contribution in [0.15, 0.2) is 36.9 Å². The topological polar surface area (TPSA) is 55.1 Å². The highest BCUT2D eigenvalue weighted by Crippen LogP contribution is 2.16. The fourth-order valence-electron chi connectivity index (χ4n) is 1.74. The van der Waals surface area contributed by atoms with Crippen LogP contribution in [0.25, 0.3) is 5.69 Å². The summed E-state index contributed by atoms with van der Waals surface area (Å²) in [6.07, 6.45) is 6.06. The van der Waals surface area contributed by atoms with E-state index in [4.69, 9.17) is 5.11 Å². The van der Waals surface area contributed by atoms with Crippen LogP contribution in [0.1, 0.15) is 17.5 Å². The molecule has 1 heterocycles. The van der Waals surface area contributed by atoms with Crippen LogP contribution in [0.2, 0.25) is 0 Å². The maximum atomic E-state index is 10.5. The van der Waals surface area contributed by atoms with Gasteiger partial charge in [-0.3, -0.25) is 4.79 Å². The lowest BCUT2D eigenvalue weighted by Crippen LogP contribution is -2.00. The van der Waals surface area contributed by atoms with Gasteiger partial charge in [-0.15, -0.1) is 0 Å². The lowest BCUT2D eigenvalue weighted by atomic mass is 10.1. The van der Waals surface area contributed by atoms with Crippen molar-refractivity contribution in [2.45, 2.75) is 19.8 Å². The van der Waals surface area contributed by atoms with E-state index >= 15 is 0 Å². The molecule has 0 radical (unpaired) electrons. The number of hydrogen-bond acceptors (Lipinski definition) is 2. The van der Waals surface area contributed by atoms with Gasteiger partial charge in [-0.1, -0.05) is 12.1 Å². The molecule has 0 unspecified atom stereocenters. The third kappa shape index (κ3) is 2.72. The highest BCUT2D eigenvalue weighted by molar-refractivity contribution is 5.67. The second kappa shape index (κ2) is 4.82. The summed E-state index contributed by atoms with van der Waals surface area (Å²) in [6.45, 7) is 2.02. The normalized spacial score (nSPS) is 10.4. The zero-order valence-electron chi connectivity index (χ0n) is 9.63. The molecule has 0 aliphatic rings. The molecular weight excluding hydrogens is 216 g/mol. The number of imidazole rings is 1. The number of benzene rings is 1. The van der Waals surface area contributed by atoms with Crippen LogP contribution in [0.5, 0.6) is 0 Å². The number of carbonyl (C=O) groups is 1. The Labute approximate surface area is 99.5 Å². The summed E-state index contributed by atoms with van der Waals surface area (Å²) in [6, 6.07) is 5.99. The van der Waals surface area contributed by atoms with Gasteiger partial charge >= 0.3 is 5.97 Å². The van der Waals surface area contributed by atoms with E-state index in [0.29, 0.717) is 6.42 Å². The monoisotopic (exact) mass is 230 g/mol. The molecule has 1 N–H and O–H groups in total. The van der Waals surface area contributed by atoms with Crippen molar-refractivity contribution in [3.63, 3.8) is 0 Å². The first-order valence-electron chi connectivity index (χ1n) is 5.46. The Kier molecular flexibility index (Phi) is 3.23. The van der Waals surface area contributed by atoms with Crippen molar-refractivity contribution < 1.29 is 9.90 Å². The number of hydrogen-bond donors (Lipinski definition) is 1. The van der Waals surface area contributed by atoms with Gasteiger partial charge in [0.2, 0.25) is 0 Å². The summed E-state index contributed by atoms with van der Waals surface area (Å²) in [5.74, 6) is -0.769. The number of aliphatic carboxylic acids is 1. The summed E-state index contributed by atoms with van der Waals surface area (Å²) in [7, 11) is 0. The zero-order valence-corrected chi connectivity index (χ0v) is 9.63. The van der Waals surface area contributed by atoms with Crippen molar-refractivity contribution in [1.82, 2.24) is 9.55 Å². The highest BCUT2D eigenvalue weighted by atomic mass is 16.4. The standard InChI is InChI=1S/C13H14N2O2/c1-10-2-3-11(4-5-13(16)17)8-12(10)15-7-6-14-9-15/h2-3,6-9H,4-5H2,1H3,(H,16,17). The van der Waals surface area contributed by atoms with Gasteiger partial charge in [-0.2, -0.15) is 0 Å². The van der Waals surface area contributed by atoms with Crippen LogP contribution < -0.4 is 0 Å². The maximum Gasteiger partial charge on any atom is 0.303 e. The predicted molar refractivity (Wildman–Crippen MR) is 64.3 cm³/mol. The molecule has 0 spiro atoms. The van der Waals surface area contributed by atoms with Crippen molar-refractivity contribution in [2.24, 2.45) is 0 Å². The SMILES string of the molecule is Cc1ccc(CCC(=O)O)cc1-n1ccnc1. The molecule has 1 aromatic heterocycles. The molecule has 88 valence electrons. The average molecular weight is 230 g/mol. The Bertz CT molecular complexity index is 518.